The maximum atomic E-state index is 12.4. The number of carbonyl (C=O) groups excluding carboxylic acids is 1. The largest absolute Gasteiger partial charge is 0.340 e. The molecular formula is C25H22ClN5O. The first kappa shape index (κ1) is 21.3. The van der Waals surface area contributed by atoms with Crippen molar-refractivity contribution in [3.8, 4) is 0 Å². The van der Waals surface area contributed by atoms with Crippen LogP contribution in [-0.4, -0.2) is 15.9 Å². The Bertz CT molecular complexity index is 1240. The number of aryl methyl sites for hydroxylation is 2. The third-order valence-electron chi connectivity index (χ3n) is 4.66. The summed E-state index contributed by atoms with van der Waals surface area (Å²) in [6, 6.07) is 24.1. The van der Waals surface area contributed by atoms with Crippen molar-refractivity contribution in [2.75, 3.05) is 16.0 Å². The van der Waals surface area contributed by atoms with Gasteiger partial charge >= 0.3 is 0 Å². The van der Waals surface area contributed by atoms with Crippen molar-refractivity contribution < 1.29 is 4.79 Å². The van der Waals surface area contributed by atoms with Crippen LogP contribution in [0.1, 0.15) is 21.6 Å². The van der Waals surface area contributed by atoms with Crippen molar-refractivity contribution in [1.82, 2.24) is 9.97 Å². The van der Waals surface area contributed by atoms with Crippen molar-refractivity contribution in [1.29, 1.82) is 0 Å². The number of aromatic nitrogens is 2. The third-order valence-corrected chi connectivity index (χ3v) is 4.90. The lowest BCUT2D eigenvalue weighted by Crippen LogP contribution is -2.11. The van der Waals surface area contributed by atoms with Crippen LogP contribution in [0.5, 0.6) is 0 Å². The molecule has 0 spiro atoms. The van der Waals surface area contributed by atoms with Gasteiger partial charge in [0.15, 0.2) is 0 Å². The van der Waals surface area contributed by atoms with Gasteiger partial charge in [-0.25, -0.2) is 4.98 Å². The molecule has 6 nitrogen and oxygen atoms in total. The minimum Gasteiger partial charge on any atom is -0.340 e. The number of nitrogens with one attached hydrogen (secondary N) is 3. The smallest absolute Gasteiger partial charge is 0.255 e. The molecular weight excluding hydrogens is 422 g/mol. The summed E-state index contributed by atoms with van der Waals surface area (Å²) < 4.78 is 0. The number of halogens is 1. The summed E-state index contributed by atoms with van der Waals surface area (Å²) in [5, 5.41) is 9.89. The molecule has 1 heterocycles. The van der Waals surface area contributed by atoms with E-state index in [1.54, 1.807) is 24.3 Å². The van der Waals surface area contributed by atoms with Crippen LogP contribution in [0.3, 0.4) is 0 Å². The number of carbonyl (C=O) groups is 1. The summed E-state index contributed by atoms with van der Waals surface area (Å²) in [6.45, 7) is 3.97. The quantitative estimate of drug-likeness (QED) is 0.317. The van der Waals surface area contributed by atoms with E-state index in [-0.39, 0.29) is 5.91 Å². The molecule has 160 valence electrons. The summed E-state index contributed by atoms with van der Waals surface area (Å²) in [5.74, 6) is 0.964. The van der Waals surface area contributed by atoms with Gasteiger partial charge in [-0.05, 0) is 68.4 Å². The van der Waals surface area contributed by atoms with Crippen molar-refractivity contribution >= 4 is 46.3 Å². The van der Waals surface area contributed by atoms with Gasteiger partial charge < -0.3 is 16.0 Å². The van der Waals surface area contributed by atoms with E-state index in [0.29, 0.717) is 28.0 Å². The van der Waals surface area contributed by atoms with E-state index in [1.807, 2.05) is 61.5 Å². The first-order chi connectivity index (χ1) is 15.4. The van der Waals surface area contributed by atoms with Crippen LogP contribution in [-0.2, 0) is 0 Å². The number of amides is 1. The number of benzene rings is 3. The second-order valence-electron chi connectivity index (χ2n) is 7.38. The van der Waals surface area contributed by atoms with Crippen molar-refractivity contribution in [2.24, 2.45) is 0 Å². The summed E-state index contributed by atoms with van der Waals surface area (Å²) in [4.78, 5) is 21.4. The Hall–Kier alpha value is -3.90. The Kier molecular flexibility index (Phi) is 6.33. The van der Waals surface area contributed by atoms with E-state index < -0.39 is 0 Å². The van der Waals surface area contributed by atoms with Gasteiger partial charge in [0.2, 0.25) is 5.95 Å². The van der Waals surface area contributed by atoms with Crippen LogP contribution in [0.2, 0.25) is 5.02 Å². The molecule has 4 rings (SSSR count). The van der Waals surface area contributed by atoms with Crippen LogP contribution in [0.25, 0.3) is 0 Å². The Morgan fingerprint density at radius 1 is 0.781 bits per heavy atom. The Balaban J connectivity index is 1.43. The lowest BCUT2D eigenvalue weighted by Gasteiger charge is -2.11. The van der Waals surface area contributed by atoms with E-state index >= 15 is 0 Å². The molecule has 0 radical (unpaired) electrons. The maximum Gasteiger partial charge on any atom is 0.255 e. The second kappa shape index (κ2) is 9.49. The maximum absolute atomic E-state index is 12.4. The molecule has 4 aromatic rings. The highest BCUT2D eigenvalue weighted by Gasteiger charge is 2.08. The minimum absolute atomic E-state index is 0.220. The third kappa shape index (κ3) is 5.62. The molecule has 0 saturated carbocycles. The predicted molar refractivity (Wildman–Crippen MR) is 130 cm³/mol. The Morgan fingerprint density at radius 3 is 2.16 bits per heavy atom. The first-order valence-corrected chi connectivity index (χ1v) is 10.5. The van der Waals surface area contributed by atoms with E-state index in [0.717, 1.165) is 17.1 Å². The molecule has 0 fully saturated rings. The number of hydrogen-bond donors (Lipinski definition) is 3. The molecule has 0 atom stereocenters. The predicted octanol–water partition coefficient (Wildman–Crippen LogP) is 6.49. The van der Waals surface area contributed by atoms with E-state index in [2.05, 4.69) is 32.8 Å². The van der Waals surface area contributed by atoms with Gasteiger partial charge in [-0.3, -0.25) is 4.79 Å². The number of rotatable bonds is 6. The van der Waals surface area contributed by atoms with Crippen LogP contribution < -0.4 is 16.0 Å². The fourth-order valence-electron chi connectivity index (χ4n) is 3.07. The van der Waals surface area contributed by atoms with Crippen molar-refractivity contribution in [3.05, 3.63) is 101 Å². The molecule has 3 aromatic carbocycles. The number of nitrogens with zero attached hydrogens (tertiary/aromatic N) is 2. The topological polar surface area (TPSA) is 78.9 Å². The zero-order chi connectivity index (χ0) is 22.5. The summed E-state index contributed by atoms with van der Waals surface area (Å²) in [5.41, 5.74) is 4.97. The van der Waals surface area contributed by atoms with Gasteiger partial charge in [-0.2, -0.15) is 4.98 Å². The molecule has 0 aliphatic rings. The number of hydrogen-bond acceptors (Lipinski definition) is 5. The molecule has 0 aliphatic heterocycles. The standard InChI is InChI=1S/C25H22ClN5O/c1-16-6-8-20(9-7-16)28-23-14-17(2)27-25(31-23)30-22-12-10-21(11-13-22)29-24(32)18-4-3-5-19(26)15-18/h3-15H,1-2H3,(H,29,32)(H2,27,28,30,31). The minimum atomic E-state index is -0.220. The molecule has 0 unspecified atom stereocenters. The Morgan fingerprint density at radius 2 is 1.44 bits per heavy atom. The van der Waals surface area contributed by atoms with E-state index in [9.17, 15) is 4.79 Å². The molecule has 7 heteroatoms. The lowest BCUT2D eigenvalue weighted by atomic mass is 10.2. The molecule has 0 saturated heterocycles. The number of anilines is 5. The summed E-state index contributed by atoms with van der Waals surface area (Å²) >= 11 is 5.96. The molecule has 1 amide bonds. The Labute approximate surface area is 191 Å². The molecule has 0 bridgehead atoms. The highest BCUT2D eigenvalue weighted by atomic mass is 35.5. The highest BCUT2D eigenvalue weighted by Crippen LogP contribution is 2.21. The lowest BCUT2D eigenvalue weighted by molar-refractivity contribution is 0.102. The average molecular weight is 444 g/mol. The molecule has 3 N–H and O–H groups in total. The van der Waals surface area contributed by atoms with Crippen molar-refractivity contribution in [3.63, 3.8) is 0 Å². The van der Waals surface area contributed by atoms with E-state index in [4.69, 9.17) is 11.6 Å². The monoisotopic (exact) mass is 443 g/mol. The zero-order valence-corrected chi connectivity index (χ0v) is 18.4. The van der Waals surface area contributed by atoms with Crippen LogP contribution in [0.15, 0.2) is 78.9 Å². The van der Waals surface area contributed by atoms with Gasteiger partial charge in [0.25, 0.3) is 5.91 Å². The normalized spacial score (nSPS) is 10.5. The summed E-state index contributed by atoms with van der Waals surface area (Å²) in [7, 11) is 0. The summed E-state index contributed by atoms with van der Waals surface area (Å²) in [6.07, 6.45) is 0. The fourth-order valence-corrected chi connectivity index (χ4v) is 3.26. The average Bonchev–Trinajstić information content (AvgIpc) is 2.76. The van der Waals surface area contributed by atoms with Crippen molar-refractivity contribution in [2.45, 2.75) is 13.8 Å². The zero-order valence-electron chi connectivity index (χ0n) is 17.7. The van der Waals surface area contributed by atoms with Gasteiger partial charge in [-0.15, -0.1) is 0 Å². The van der Waals surface area contributed by atoms with Crippen LogP contribution in [0, 0.1) is 13.8 Å². The SMILES string of the molecule is Cc1ccc(Nc2cc(C)nc(Nc3ccc(NC(=O)c4cccc(Cl)c4)cc3)n2)cc1. The van der Waals surface area contributed by atoms with E-state index in [1.165, 1.54) is 5.56 Å². The van der Waals surface area contributed by atoms with Crippen LogP contribution >= 0.6 is 11.6 Å². The first-order valence-electron chi connectivity index (χ1n) is 10.1. The fraction of sp³-hybridized carbons (Fsp3) is 0.0800. The van der Waals surface area contributed by atoms with Gasteiger partial charge in [0.05, 0.1) is 0 Å². The van der Waals surface area contributed by atoms with Gasteiger partial charge in [0, 0.05) is 39.4 Å². The molecule has 1 aromatic heterocycles. The molecule has 32 heavy (non-hydrogen) atoms. The highest BCUT2D eigenvalue weighted by molar-refractivity contribution is 6.31. The molecule has 0 aliphatic carbocycles. The van der Waals surface area contributed by atoms with Gasteiger partial charge in [-0.1, -0.05) is 35.4 Å². The van der Waals surface area contributed by atoms with Crippen LogP contribution in [0.4, 0.5) is 28.8 Å². The second-order valence-corrected chi connectivity index (χ2v) is 7.81. The van der Waals surface area contributed by atoms with Gasteiger partial charge in [0.1, 0.15) is 5.82 Å².